The standard InChI is InChI=1S/C28H55O10P/c1-3-5-7-9-11-12-14-15-17-19-27(31)35-23-26(24-37-39(33,34)36-22-25(30)21-29)38-28(32)20-18-16-13-10-8-6-4-2/h25-26,29-30H,3-24H2,1-2H3,(H,33,34)/t25-,26+/m0/s1. The lowest BCUT2D eigenvalue weighted by Gasteiger charge is -2.20. The number of ether oxygens (including phenoxy) is 2. The predicted molar refractivity (Wildman–Crippen MR) is 150 cm³/mol. The van der Waals surface area contributed by atoms with Gasteiger partial charge in [-0.15, -0.1) is 0 Å². The number of hydrogen-bond donors (Lipinski definition) is 3. The van der Waals surface area contributed by atoms with E-state index in [9.17, 15) is 24.2 Å². The molecule has 0 spiro atoms. The van der Waals surface area contributed by atoms with Crippen molar-refractivity contribution in [1.29, 1.82) is 0 Å². The highest BCUT2D eigenvalue weighted by Crippen LogP contribution is 2.43. The fourth-order valence-electron chi connectivity index (χ4n) is 3.87. The molecule has 0 heterocycles. The third kappa shape index (κ3) is 25.7. The molecule has 0 aliphatic heterocycles. The van der Waals surface area contributed by atoms with E-state index in [2.05, 4.69) is 18.4 Å². The van der Waals surface area contributed by atoms with Gasteiger partial charge in [-0.05, 0) is 12.8 Å². The van der Waals surface area contributed by atoms with Gasteiger partial charge in [0.2, 0.25) is 0 Å². The zero-order chi connectivity index (χ0) is 29.2. The molecular weight excluding hydrogens is 527 g/mol. The summed E-state index contributed by atoms with van der Waals surface area (Å²) in [6.07, 6.45) is 15.5. The second kappa shape index (κ2) is 25.9. The van der Waals surface area contributed by atoms with Crippen molar-refractivity contribution < 1.29 is 47.8 Å². The highest BCUT2D eigenvalue weighted by molar-refractivity contribution is 7.47. The molecule has 0 saturated heterocycles. The molecule has 0 fully saturated rings. The monoisotopic (exact) mass is 582 g/mol. The first-order valence-corrected chi connectivity index (χ1v) is 16.5. The van der Waals surface area contributed by atoms with Crippen molar-refractivity contribution in [3.05, 3.63) is 0 Å². The number of phosphoric acid groups is 1. The van der Waals surface area contributed by atoms with Crippen molar-refractivity contribution in [2.45, 2.75) is 142 Å². The van der Waals surface area contributed by atoms with E-state index in [-0.39, 0.29) is 19.4 Å². The average Bonchev–Trinajstić information content (AvgIpc) is 2.91. The fourth-order valence-corrected chi connectivity index (χ4v) is 4.66. The smallest absolute Gasteiger partial charge is 0.462 e. The molecule has 1 unspecified atom stereocenters. The van der Waals surface area contributed by atoms with Gasteiger partial charge in [-0.1, -0.05) is 104 Å². The molecule has 232 valence electrons. The lowest BCUT2D eigenvalue weighted by Crippen LogP contribution is -2.29. The molecule has 0 bridgehead atoms. The number of hydrogen-bond acceptors (Lipinski definition) is 9. The number of carbonyl (C=O) groups is 2. The first-order chi connectivity index (χ1) is 18.7. The highest BCUT2D eigenvalue weighted by Gasteiger charge is 2.27. The van der Waals surface area contributed by atoms with E-state index in [1.165, 1.54) is 51.4 Å². The summed E-state index contributed by atoms with van der Waals surface area (Å²) >= 11 is 0. The number of aliphatic hydroxyl groups is 2. The normalized spacial score (nSPS) is 14.5. The SMILES string of the molecule is CCCCCCCCCCCC(=O)OC[C@H](COP(=O)(O)OC[C@@H](O)CO)OC(=O)CCCCCCCCC. The van der Waals surface area contributed by atoms with Gasteiger partial charge < -0.3 is 24.6 Å². The van der Waals surface area contributed by atoms with Gasteiger partial charge >= 0.3 is 19.8 Å². The Morgan fingerprint density at radius 1 is 0.667 bits per heavy atom. The number of aliphatic hydroxyl groups excluding tert-OH is 2. The second-order valence-electron chi connectivity index (χ2n) is 10.1. The lowest BCUT2D eigenvalue weighted by atomic mass is 10.1. The topological polar surface area (TPSA) is 149 Å². The van der Waals surface area contributed by atoms with E-state index in [0.29, 0.717) is 12.8 Å². The van der Waals surface area contributed by atoms with Crippen LogP contribution < -0.4 is 0 Å². The number of phosphoric ester groups is 1. The van der Waals surface area contributed by atoms with Gasteiger partial charge in [0.25, 0.3) is 0 Å². The molecule has 39 heavy (non-hydrogen) atoms. The molecule has 0 amide bonds. The summed E-state index contributed by atoms with van der Waals surface area (Å²) in [6, 6.07) is 0. The first kappa shape index (κ1) is 38.0. The Morgan fingerprint density at radius 3 is 1.59 bits per heavy atom. The Morgan fingerprint density at radius 2 is 1.10 bits per heavy atom. The second-order valence-corrected chi connectivity index (χ2v) is 11.6. The number of unbranched alkanes of at least 4 members (excludes halogenated alkanes) is 14. The van der Waals surface area contributed by atoms with Crippen LogP contribution in [0.15, 0.2) is 0 Å². The van der Waals surface area contributed by atoms with Crippen LogP contribution in [0.25, 0.3) is 0 Å². The Kier molecular flexibility index (Phi) is 25.2. The van der Waals surface area contributed by atoms with Crippen LogP contribution in [-0.2, 0) is 32.7 Å². The van der Waals surface area contributed by atoms with E-state index < -0.39 is 51.8 Å². The molecule has 0 aliphatic carbocycles. The molecule has 0 aromatic heterocycles. The molecule has 3 atom stereocenters. The molecule has 0 aromatic rings. The summed E-state index contributed by atoms with van der Waals surface area (Å²) in [5.74, 6) is -0.933. The van der Waals surface area contributed by atoms with Gasteiger partial charge in [0.1, 0.15) is 12.7 Å². The Labute approximate surface area is 235 Å². The molecule has 0 rings (SSSR count). The fraction of sp³-hybridized carbons (Fsp3) is 0.929. The quantitative estimate of drug-likeness (QED) is 0.0570. The molecule has 0 saturated carbocycles. The molecule has 0 radical (unpaired) electrons. The molecular formula is C28H55O10P. The first-order valence-electron chi connectivity index (χ1n) is 15.0. The van der Waals surface area contributed by atoms with Gasteiger partial charge in [-0.3, -0.25) is 18.6 Å². The zero-order valence-corrected chi connectivity index (χ0v) is 25.3. The zero-order valence-electron chi connectivity index (χ0n) is 24.4. The van der Waals surface area contributed by atoms with Crippen molar-refractivity contribution in [2.24, 2.45) is 0 Å². The number of rotatable bonds is 28. The summed E-state index contributed by atoms with van der Waals surface area (Å²) in [4.78, 5) is 34.3. The summed E-state index contributed by atoms with van der Waals surface area (Å²) in [6.45, 7) is 2.26. The van der Waals surface area contributed by atoms with E-state index in [0.717, 1.165) is 38.5 Å². The maximum atomic E-state index is 12.3. The largest absolute Gasteiger partial charge is 0.472 e. The maximum Gasteiger partial charge on any atom is 0.472 e. The van der Waals surface area contributed by atoms with Crippen LogP contribution in [-0.4, -0.2) is 65.7 Å². The van der Waals surface area contributed by atoms with Crippen molar-refractivity contribution in [3.63, 3.8) is 0 Å². The van der Waals surface area contributed by atoms with Gasteiger partial charge in [-0.2, -0.15) is 0 Å². The number of esters is 2. The van der Waals surface area contributed by atoms with E-state index >= 15 is 0 Å². The lowest BCUT2D eigenvalue weighted by molar-refractivity contribution is -0.161. The van der Waals surface area contributed by atoms with Crippen LogP contribution in [0.4, 0.5) is 0 Å². The van der Waals surface area contributed by atoms with Gasteiger partial charge in [0.05, 0.1) is 19.8 Å². The van der Waals surface area contributed by atoms with Crippen LogP contribution in [0, 0.1) is 0 Å². The van der Waals surface area contributed by atoms with Crippen molar-refractivity contribution in [3.8, 4) is 0 Å². The third-order valence-electron chi connectivity index (χ3n) is 6.26. The van der Waals surface area contributed by atoms with Crippen molar-refractivity contribution >= 4 is 19.8 Å². The summed E-state index contributed by atoms with van der Waals surface area (Å²) in [5.41, 5.74) is 0. The van der Waals surface area contributed by atoms with Crippen molar-refractivity contribution in [1.82, 2.24) is 0 Å². The number of carbonyl (C=O) groups excluding carboxylic acids is 2. The van der Waals surface area contributed by atoms with E-state index in [4.69, 9.17) is 19.1 Å². The van der Waals surface area contributed by atoms with E-state index in [1.807, 2.05) is 0 Å². The Balaban J connectivity index is 4.48. The van der Waals surface area contributed by atoms with Gasteiger partial charge in [0.15, 0.2) is 6.10 Å². The van der Waals surface area contributed by atoms with Crippen LogP contribution in [0.5, 0.6) is 0 Å². The third-order valence-corrected chi connectivity index (χ3v) is 7.21. The summed E-state index contributed by atoms with van der Waals surface area (Å²) in [7, 11) is -4.58. The Bertz CT molecular complexity index is 646. The highest BCUT2D eigenvalue weighted by atomic mass is 31.2. The maximum absolute atomic E-state index is 12.3. The van der Waals surface area contributed by atoms with Crippen molar-refractivity contribution in [2.75, 3.05) is 26.4 Å². The Hall–Kier alpha value is -1.03. The molecule has 10 nitrogen and oxygen atoms in total. The van der Waals surface area contributed by atoms with Gasteiger partial charge in [0, 0.05) is 12.8 Å². The minimum atomic E-state index is -4.58. The van der Waals surface area contributed by atoms with Crippen LogP contribution in [0.1, 0.15) is 129 Å². The minimum absolute atomic E-state index is 0.187. The summed E-state index contributed by atoms with van der Waals surface area (Å²) in [5, 5.41) is 18.1. The molecule has 0 aliphatic rings. The summed E-state index contributed by atoms with van der Waals surface area (Å²) < 4.78 is 32.2. The average molecular weight is 583 g/mol. The van der Waals surface area contributed by atoms with Crippen LogP contribution >= 0.6 is 7.82 Å². The van der Waals surface area contributed by atoms with E-state index in [1.54, 1.807) is 0 Å². The molecule has 3 N–H and O–H groups in total. The van der Waals surface area contributed by atoms with Crippen LogP contribution in [0.3, 0.4) is 0 Å². The molecule has 0 aromatic carbocycles. The van der Waals surface area contributed by atoms with Crippen LogP contribution in [0.2, 0.25) is 0 Å². The van der Waals surface area contributed by atoms with Gasteiger partial charge in [-0.25, -0.2) is 4.57 Å². The predicted octanol–water partition coefficient (Wildman–Crippen LogP) is 5.99. The minimum Gasteiger partial charge on any atom is -0.462 e. The molecule has 11 heteroatoms.